The topological polar surface area (TPSA) is 40.6 Å². The molecule has 2 rings (SSSR count). The first kappa shape index (κ1) is 17.0. The van der Waals surface area contributed by atoms with Crippen LogP contribution in [0.3, 0.4) is 0 Å². The van der Waals surface area contributed by atoms with E-state index in [1.165, 1.54) is 4.88 Å². The summed E-state index contributed by atoms with van der Waals surface area (Å²) >= 11 is 1.70. The molecule has 0 N–H and O–H groups in total. The summed E-state index contributed by atoms with van der Waals surface area (Å²) in [5, 5.41) is 2.05. The Kier molecular flexibility index (Phi) is 6.43. The van der Waals surface area contributed by atoms with Gasteiger partial charge in [-0.15, -0.1) is 11.3 Å². The van der Waals surface area contributed by atoms with E-state index < -0.39 is 0 Å². The van der Waals surface area contributed by atoms with Crippen LogP contribution in [-0.2, 0) is 16.0 Å². The third-order valence-corrected chi connectivity index (χ3v) is 4.89. The molecule has 0 radical (unpaired) electrons. The van der Waals surface area contributed by atoms with E-state index in [0.717, 1.165) is 25.9 Å². The first-order chi connectivity index (χ1) is 10.6. The summed E-state index contributed by atoms with van der Waals surface area (Å²) in [7, 11) is 0. The maximum Gasteiger partial charge on any atom is 0.222 e. The molecule has 0 atom stereocenters. The summed E-state index contributed by atoms with van der Waals surface area (Å²) in [6, 6.07) is 4.10. The molecule has 0 aromatic carbocycles. The Morgan fingerprint density at radius 2 is 1.82 bits per heavy atom. The van der Waals surface area contributed by atoms with Gasteiger partial charge < -0.3 is 9.80 Å². The van der Waals surface area contributed by atoms with E-state index in [1.54, 1.807) is 11.3 Å². The molecule has 2 amide bonds. The Hall–Kier alpha value is -1.36. The van der Waals surface area contributed by atoms with Crippen LogP contribution in [0.25, 0.3) is 0 Å². The molecule has 0 bridgehead atoms. The molecule has 1 aromatic heterocycles. The van der Waals surface area contributed by atoms with Gasteiger partial charge in [-0.05, 0) is 30.2 Å². The fourth-order valence-corrected chi connectivity index (χ4v) is 3.45. The van der Waals surface area contributed by atoms with Crippen LogP contribution in [0.2, 0.25) is 0 Å². The van der Waals surface area contributed by atoms with E-state index in [1.807, 2.05) is 21.2 Å². The lowest BCUT2D eigenvalue weighted by Gasteiger charge is -2.23. The SMILES string of the molecule is CC(C)CC(=O)N1CCCN(C(=O)CCc2cccs2)CC1. The molecule has 4 nitrogen and oxygen atoms in total. The van der Waals surface area contributed by atoms with Crippen molar-refractivity contribution in [2.75, 3.05) is 26.2 Å². The maximum atomic E-state index is 12.3. The van der Waals surface area contributed by atoms with Crippen molar-refractivity contribution in [2.24, 2.45) is 5.92 Å². The number of carbonyl (C=O) groups excluding carboxylic acids is 2. The molecule has 2 heterocycles. The normalized spacial score (nSPS) is 16.0. The van der Waals surface area contributed by atoms with Crippen molar-refractivity contribution in [1.82, 2.24) is 9.80 Å². The molecular formula is C17H26N2O2S. The molecule has 0 spiro atoms. The van der Waals surface area contributed by atoms with Gasteiger partial charge in [-0.3, -0.25) is 9.59 Å². The van der Waals surface area contributed by atoms with E-state index >= 15 is 0 Å². The third kappa shape index (κ3) is 5.13. The molecule has 0 aliphatic carbocycles. The summed E-state index contributed by atoms with van der Waals surface area (Å²) in [5.41, 5.74) is 0. The second-order valence-electron chi connectivity index (χ2n) is 6.29. The summed E-state index contributed by atoms with van der Waals surface area (Å²) in [5.74, 6) is 0.828. The Morgan fingerprint density at radius 3 is 2.41 bits per heavy atom. The van der Waals surface area contributed by atoms with E-state index in [4.69, 9.17) is 0 Å². The number of hydrogen-bond acceptors (Lipinski definition) is 3. The number of aryl methyl sites for hydroxylation is 1. The minimum Gasteiger partial charge on any atom is -0.341 e. The molecule has 5 heteroatoms. The van der Waals surface area contributed by atoms with Gasteiger partial charge in [-0.25, -0.2) is 0 Å². The minimum atomic E-state index is 0.214. The highest BCUT2D eigenvalue weighted by Crippen LogP contribution is 2.13. The number of nitrogens with zero attached hydrogens (tertiary/aromatic N) is 2. The Morgan fingerprint density at radius 1 is 1.14 bits per heavy atom. The number of carbonyl (C=O) groups is 2. The van der Waals surface area contributed by atoms with Gasteiger partial charge in [0.1, 0.15) is 0 Å². The second kappa shape index (κ2) is 8.32. The van der Waals surface area contributed by atoms with Crippen LogP contribution in [-0.4, -0.2) is 47.8 Å². The smallest absolute Gasteiger partial charge is 0.222 e. The first-order valence-corrected chi connectivity index (χ1v) is 9.02. The molecule has 22 heavy (non-hydrogen) atoms. The fourth-order valence-electron chi connectivity index (χ4n) is 2.74. The second-order valence-corrected chi connectivity index (χ2v) is 7.32. The van der Waals surface area contributed by atoms with Crippen LogP contribution in [0.1, 0.15) is 38.0 Å². The maximum absolute atomic E-state index is 12.3. The summed E-state index contributed by atoms with van der Waals surface area (Å²) < 4.78 is 0. The average molecular weight is 322 g/mol. The third-order valence-electron chi connectivity index (χ3n) is 3.95. The van der Waals surface area contributed by atoms with Crippen LogP contribution < -0.4 is 0 Å². The molecule has 0 saturated carbocycles. The molecule has 1 aliphatic heterocycles. The zero-order valence-corrected chi connectivity index (χ0v) is 14.4. The highest BCUT2D eigenvalue weighted by atomic mass is 32.1. The monoisotopic (exact) mass is 322 g/mol. The molecular weight excluding hydrogens is 296 g/mol. The van der Waals surface area contributed by atoms with Crippen molar-refractivity contribution in [2.45, 2.75) is 39.5 Å². The van der Waals surface area contributed by atoms with E-state index in [9.17, 15) is 9.59 Å². The van der Waals surface area contributed by atoms with E-state index in [0.29, 0.717) is 31.8 Å². The lowest BCUT2D eigenvalue weighted by molar-refractivity contribution is -0.134. The van der Waals surface area contributed by atoms with Gasteiger partial charge in [0.15, 0.2) is 0 Å². The quantitative estimate of drug-likeness (QED) is 0.836. The lowest BCUT2D eigenvalue weighted by Crippen LogP contribution is -2.37. The standard InChI is InChI=1S/C17H26N2O2S/c1-14(2)13-17(21)19-9-4-8-18(10-11-19)16(20)7-6-15-5-3-12-22-15/h3,5,12,14H,4,6-11,13H2,1-2H3. The van der Waals surface area contributed by atoms with Crippen LogP contribution in [0.15, 0.2) is 17.5 Å². The molecule has 122 valence electrons. The molecule has 0 unspecified atom stereocenters. The van der Waals surface area contributed by atoms with Crippen molar-refractivity contribution in [1.29, 1.82) is 0 Å². The highest BCUT2D eigenvalue weighted by molar-refractivity contribution is 7.09. The van der Waals surface area contributed by atoms with Gasteiger partial charge in [-0.2, -0.15) is 0 Å². The highest BCUT2D eigenvalue weighted by Gasteiger charge is 2.22. The summed E-state index contributed by atoms with van der Waals surface area (Å²) in [6.07, 6.45) is 2.88. The van der Waals surface area contributed by atoms with Crippen molar-refractivity contribution >= 4 is 23.2 Å². The lowest BCUT2D eigenvalue weighted by atomic mass is 10.1. The number of thiophene rings is 1. The van der Waals surface area contributed by atoms with E-state index in [-0.39, 0.29) is 11.8 Å². The molecule has 1 saturated heterocycles. The fraction of sp³-hybridized carbons (Fsp3) is 0.647. The van der Waals surface area contributed by atoms with Gasteiger partial charge in [0.25, 0.3) is 0 Å². The summed E-state index contributed by atoms with van der Waals surface area (Å²) in [6.45, 7) is 7.03. The van der Waals surface area contributed by atoms with Gasteiger partial charge in [0, 0.05) is 43.9 Å². The van der Waals surface area contributed by atoms with Crippen LogP contribution in [0.5, 0.6) is 0 Å². The van der Waals surface area contributed by atoms with Crippen LogP contribution in [0, 0.1) is 5.92 Å². The predicted molar refractivity (Wildman–Crippen MR) is 89.9 cm³/mol. The van der Waals surface area contributed by atoms with Gasteiger partial charge in [0.2, 0.25) is 11.8 Å². The Bertz CT molecular complexity index is 485. The Labute approximate surface area is 137 Å². The van der Waals surface area contributed by atoms with Crippen molar-refractivity contribution in [3.05, 3.63) is 22.4 Å². The molecule has 1 fully saturated rings. The Balaban J connectivity index is 1.79. The van der Waals surface area contributed by atoms with Crippen molar-refractivity contribution in [3.63, 3.8) is 0 Å². The first-order valence-electron chi connectivity index (χ1n) is 8.14. The number of amides is 2. The van der Waals surface area contributed by atoms with Crippen molar-refractivity contribution < 1.29 is 9.59 Å². The predicted octanol–water partition coefficient (Wildman–Crippen LogP) is 2.79. The van der Waals surface area contributed by atoms with Crippen molar-refractivity contribution in [3.8, 4) is 0 Å². The van der Waals surface area contributed by atoms with Gasteiger partial charge >= 0.3 is 0 Å². The summed E-state index contributed by atoms with van der Waals surface area (Å²) in [4.78, 5) is 29.6. The van der Waals surface area contributed by atoms with Gasteiger partial charge in [0.05, 0.1) is 0 Å². The number of hydrogen-bond donors (Lipinski definition) is 0. The van der Waals surface area contributed by atoms with Crippen LogP contribution >= 0.6 is 11.3 Å². The molecule has 1 aliphatic rings. The van der Waals surface area contributed by atoms with Crippen LogP contribution in [0.4, 0.5) is 0 Å². The minimum absolute atomic E-state index is 0.214. The zero-order chi connectivity index (χ0) is 15.9. The molecule has 1 aromatic rings. The van der Waals surface area contributed by atoms with Gasteiger partial charge in [-0.1, -0.05) is 19.9 Å². The average Bonchev–Trinajstić information content (AvgIpc) is 2.86. The van der Waals surface area contributed by atoms with E-state index in [2.05, 4.69) is 19.9 Å². The zero-order valence-electron chi connectivity index (χ0n) is 13.6. The largest absolute Gasteiger partial charge is 0.341 e. The number of rotatable bonds is 5.